The highest BCUT2D eigenvalue weighted by Gasteiger charge is 2.15. The van der Waals surface area contributed by atoms with Gasteiger partial charge in [0.15, 0.2) is 5.16 Å². The predicted molar refractivity (Wildman–Crippen MR) is 136 cm³/mol. The highest BCUT2D eigenvalue weighted by atomic mass is 32.2. The van der Waals surface area contributed by atoms with Crippen molar-refractivity contribution < 1.29 is 17.6 Å². The van der Waals surface area contributed by atoms with E-state index in [1.54, 1.807) is 54.5 Å². The Morgan fingerprint density at radius 2 is 1.78 bits per heavy atom. The first-order chi connectivity index (χ1) is 17.3. The largest absolute Gasteiger partial charge is 0.468 e. The maximum absolute atomic E-state index is 12.5. The number of furan rings is 1. The summed E-state index contributed by atoms with van der Waals surface area (Å²) in [5, 5.41) is 8.70. The molecule has 0 aliphatic heterocycles. The normalized spacial score (nSPS) is 11.2. The van der Waals surface area contributed by atoms with Crippen molar-refractivity contribution in [2.75, 3.05) is 0 Å². The summed E-state index contributed by atoms with van der Waals surface area (Å²) in [4.78, 5) is 12.6. The maximum Gasteiger partial charge on any atom is 0.269 e. The SMILES string of the molecule is C=C(NNC(=O)c1ccc(CSc2nncn2C)cc1)c1ccc(S(=O)(=O)NCc2ccco2)cc1. The van der Waals surface area contributed by atoms with Gasteiger partial charge in [-0.1, -0.05) is 42.6 Å². The topological polar surface area (TPSA) is 131 Å². The highest BCUT2D eigenvalue weighted by Crippen LogP contribution is 2.20. The van der Waals surface area contributed by atoms with Crippen LogP contribution in [0.4, 0.5) is 0 Å². The number of hydrogen-bond acceptors (Lipinski definition) is 8. The fraction of sp³-hybridized carbons (Fsp3) is 0.125. The van der Waals surface area contributed by atoms with Crippen molar-refractivity contribution in [2.45, 2.75) is 22.3 Å². The Bertz CT molecular complexity index is 1430. The standard InChI is InChI=1S/C24H24N6O4S2/c1-17(19-9-11-22(12-10-19)36(32,33)26-14-21-4-3-13-34-21)27-28-23(31)20-7-5-18(6-8-20)15-35-24-29-25-16-30(24)2/h3-13,16,26-27H,1,14-15H2,2H3,(H,28,31). The van der Waals surface area contributed by atoms with Gasteiger partial charge in [-0.15, -0.1) is 10.2 Å². The third kappa shape index (κ3) is 6.42. The second-order valence-electron chi connectivity index (χ2n) is 7.70. The van der Waals surface area contributed by atoms with Crippen LogP contribution in [0.25, 0.3) is 5.70 Å². The van der Waals surface area contributed by atoms with Gasteiger partial charge < -0.3 is 8.98 Å². The van der Waals surface area contributed by atoms with Crippen LogP contribution in [0.5, 0.6) is 0 Å². The van der Waals surface area contributed by atoms with Gasteiger partial charge in [0, 0.05) is 18.4 Å². The number of nitrogens with one attached hydrogen (secondary N) is 3. The number of hydrazine groups is 1. The van der Waals surface area contributed by atoms with Gasteiger partial charge in [0.05, 0.1) is 23.4 Å². The number of sulfonamides is 1. The maximum atomic E-state index is 12.5. The van der Waals surface area contributed by atoms with Crippen LogP contribution in [0.3, 0.4) is 0 Å². The average molecular weight is 525 g/mol. The van der Waals surface area contributed by atoms with Gasteiger partial charge in [0.25, 0.3) is 5.91 Å². The molecule has 186 valence electrons. The zero-order valence-corrected chi connectivity index (χ0v) is 21.0. The van der Waals surface area contributed by atoms with Crippen LogP contribution in [-0.4, -0.2) is 29.1 Å². The first-order valence-electron chi connectivity index (χ1n) is 10.8. The van der Waals surface area contributed by atoms with E-state index in [0.717, 1.165) is 10.7 Å². The van der Waals surface area contributed by atoms with E-state index in [2.05, 4.69) is 32.3 Å². The van der Waals surface area contributed by atoms with Crippen molar-refractivity contribution in [2.24, 2.45) is 7.05 Å². The minimum atomic E-state index is -3.70. The molecule has 2 aromatic carbocycles. The molecule has 0 saturated heterocycles. The van der Waals surface area contributed by atoms with Crippen molar-refractivity contribution in [1.82, 2.24) is 30.3 Å². The monoisotopic (exact) mass is 524 g/mol. The Morgan fingerprint density at radius 1 is 1.06 bits per heavy atom. The average Bonchev–Trinajstić information content (AvgIpc) is 3.56. The Hall–Kier alpha value is -3.87. The lowest BCUT2D eigenvalue weighted by atomic mass is 10.1. The van der Waals surface area contributed by atoms with Gasteiger partial charge >= 0.3 is 0 Å². The summed E-state index contributed by atoms with van der Waals surface area (Å²) in [6.07, 6.45) is 3.13. The minimum absolute atomic E-state index is 0.0544. The highest BCUT2D eigenvalue weighted by molar-refractivity contribution is 7.98. The Kier molecular flexibility index (Phi) is 7.88. The Labute approximate surface area is 212 Å². The first kappa shape index (κ1) is 25.2. The molecule has 0 atom stereocenters. The van der Waals surface area contributed by atoms with Crippen LogP contribution in [0, 0.1) is 0 Å². The molecule has 3 N–H and O–H groups in total. The van der Waals surface area contributed by atoms with Crippen molar-refractivity contribution >= 4 is 33.4 Å². The Morgan fingerprint density at radius 3 is 2.42 bits per heavy atom. The molecule has 0 bridgehead atoms. The molecule has 0 aliphatic rings. The molecule has 0 aliphatic carbocycles. The zero-order valence-electron chi connectivity index (χ0n) is 19.3. The Balaban J connectivity index is 1.27. The van der Waals surface area contributed by atoms with Crippen LogP contribution in [-0.2, 0) is 29.4 Å². The quantitative estimate of drug-likeness (QED) is 0.202. The van der Waals surface area contributed by atoms with Crippen LogP contribution < -0.4 is 15.6 Å². The van der Waals surface area contributed by atoms with Gasteiger partial charge in [-0.25, -0.2) is 13.1 Å². The zero-order chi connectivity index (χ0) is 25.5. The molecule has 0 unspecified atom stereocenters. The molecule has 0 saturated carbocycles. The van der Waals surface area contributed by atoms with Gasteiger partial charge in [0.1, 0.15) is 12.1 Å². The first-order valence-corrected chi connectivity index (χ1v) is 13.2. The van der Waals surface area contributed by atoms with E-state index >= 15 is 0 Å². The third-order valence-corrected chi connectivity index (χ3v) is 7.63. The summed E-state index contributed by atoms with van der Waals surface area (Å²) in [5.41, 5.74) is 7.93. The molecular weight excluding hydrogens is 500 g/mol. The summed E-state index contributed by atoms with van der Waals surface area (Å²) in [6, 6.07) is 16.7. The molecular formula is C24H24N6O4S2. The number of benzene rings is 2. The molecule has 2 heterocycles. The molecule has 2 aromatic heterocycles. The number of amides is 1. The smallest absolute Gasteiger partial charge is 0.269 e. The second-order valence-corrected chi connectivity index (χ2v) is 10.4. The molecule has 36 heavy (non-hydrogen) atoms. The molecule has 10 nitrogen and oxygen atoms in total. The van der Waals surface area contributed by atoms with Crippen LogP contribution in [0.2, 0.25) is 0 Å². The number of carbonyl (C=O) groups excluding carboxylic acids is 1. The molecule has 4 rings (SSSR count). The lowest BCUT2D eigenvalue weighted by Crippen LogP contribution is -2.35. The van der Waals surface area contributed by atoms with Crippen LogP contribution >= 0.6 is 11.8 Å². The number of aryl methyl sites for hydroxylation is 1. The summed E-state index contributed by atoms with van der Waals surface area (Å²) < 4.78 is 34.4. The molecule has 0 spiro atoms. The summed E-state index contributed by atoms with van der Waals surface area (Å²) in [6.45, 7) is 3.96. The fourth-order valence-corrected chi connectivity index (χ4v) is 4.92. The van der Waals surface area contributed by atoms with E-state index in [-0.39, 0.29) is 17.3 Å². The number of nitrogens with zero attached hydrogens (tertiary/aromatic N) is 3. The lowest BCUT2D eigenvalue weighted by Gasteiger charge is -2.12. The van der Waals surface area contributed by atoms with E-state index < -0.39 is 10.0 Å². The summed E-state index contributed by atoms with van der Waals surface area (Å²) in [7, 11) is -1.82. The number of carbonyl (C=O) groups is 1. The van der Waals surface area contributed by atoms with Crippen LogP contribution in [0.1, 0.15) is 27.2 Å². The number of hydrogen-bond donors (Lipinski definition) is 3. The van der Waals surface area contributed by atoms with Crippen molar-refractivity contribution in [3.63, 3.8) is 0 Å². The lowest BCUT2D eigenvalue weighted by molar-refractivity contribution is 0.0942. The number of thioether (sulfide) groups is 1. The van der Waals surface area contributed by atoms with Crippen molar-refractivity contribution in [3.05, 3.63) is 102 Å². The minimum Gasteiger partial charge on any atom is -0.468 e. The van der Waals surface area contributed by atoms with E-state index in [4.69, 9.17) is 4.42 Å². The van der Waals surface area contributed by atoms with Gasteiger partial charge in [0.2, 0.25) is 10.0 Å². The van der Waals surface area contributed by atoms with Crippen molar-refractivity contribution in [1.29, 1.82) is 0 Å². The van der Waals surface area contributed by atoms with E-state index in [1.807, 2.05) is 23.7 Å². The number of aromatic nitrogens is 3. The predicted octanol–water partition coefficient (Wildman–Crippen LogP) is 3.08. The second kappa shape index (κ2) is 11.2. The van der Waals surface area contributed by atoms with E-state index in [9.17, 15) is 13.2 Å². The van der Waals surface area contributed by atoms with Gasteiger partial charge in [-0.2, -0.15) is 0 Å². The summed E-state index contributed by atoms with van der Waals surface area (Å²) in [5.74, 6) is 0.886. The number of rotatable bonds is 11. The van der Waals surface area contributed by atoms with Crippen LogP contribution in [0.15, 0.2) is 94.3 Å². The molecule has 4 aromatic rings. The van der Waals surface area contributed by atoms with Gasteiger partial charge in [-0.05, 0) is 47.5 Å². The third-order valence-electron chi connectivity index (χ3n) is 5.11. The summed E-state index contributed by atoms with van der Waals surface area (Å²) >= 11 is 1.56. The van der Waals surface area contributed by atoms with E-state index in [1.165, 1.54) is 18.4 Å². The molecule has 12 heteroatoms. The molecule has 1 amide bonds. The van der Waals surface area contributed by atoms with Gasteiger partial charge in [-0.3, -0.25) is 15.6 Å². The fourth-order valence-electron chi connectivity index (χ4n) is 3.08. The van der Waals surface area contributed by atoms with Crippen molar-refractivity contribution in [3.8, 4) is 0 Å². The van der Waals surface area contributed by atoms with E-state index in [0.29, 0.717) is 28.3 Å². The molecule has 0 fully saturated rings. The molecule has 0 radical (unpaired) electrons.